The van der Waals surface area contributed by atoms with Crippen LogP contribution in [0.1, 0.15) is 31.5 Å². The molecule has 0 aliphatic rings. The minimum Gasteiger partial charge on any atom is -0.481 e. The lowest BCUT2D eigenvalue weighted by Crippen LogP contribution is -2.13. The highest BCUT2D eigenvalue weighted by Gasteiger charge is 2.18. The summed E-state index contributed by atoms with van der Waals surface area (Å²) < 4.78 is 11.4. The molecule has 1 N–H and O–H groups in total. The first-order valence-electron chi connectivity index (χ1n) is 4.80. The molecule has 1 unspecified atom stereocenters. The van der Waals surface area contributed by atoms with Gasteiger partial charge in [-0.25, -0.2) is 4.98 Å². The molecule has 4 nitrogen and oxygen atoms in total. The molecule has 6 heteroatoms. The van der Waals surface area contributed by atoms with Gasteiger partial charge in [0.25, 0.3) is 0 Å². The second-order valence-corrected chi connectivity index (χ2v) is 6.90. The maximum atomic E-state index is 11.4. The summed E-state index contributed by atoms with van der Waals surface area (Å²) in [7, 11) is -1.37. The van der Waals surface area contributed by atoms with Gasteiger partial charge in [0, 0.05) is 21.6 Å². The predicted molar refractivity (Wildman–Crippen MR) is 65.2 cm³/mol. The van der Waals surface area contributed by atoms with Gasteiger partial charge in [-0.3, -0.25) is 9.00 Å². The van der Waals surface area contributed by atoms with Crippen molar-refractivity contribution in [3.63, 3.8) is 0 Å². The van der Waals surface area contributed by atoms with Crippen LogP contribution in [0.4, 0.5) is 0 Å². The van der Waals surface area contributed by atoms with Crippen LogP contribution in [0.2, 0.25) is 0 Å². The third-order valence-electron chi connectivity index (χ3n) is 1.89. The zero-order valence-electron chi connectivity index (χ0n) is 9.52. The van der Waals surface area contributed by atoms with Crippen molar-refractivity contribution < 1.29 is 14.1 Å². The number of carboxylic acids is 1. The van der Waals surface area contributed by atoms with Crippen molar-refractivity contribution in [2.24, 2.45) is 0 Å². The van der Waals surface area contributed by atoms with Crippen LogP contribution >= 0.6 is 11.3 Å². The Bertz CT molecular complexity index is 406. The number of hydrogen-bond acceptors (Lipinski definition) is 4. The Labute approximate surface area is 101 Å². The highest BCUT2D eigenvalue weighted by atomic mass is 32.2. The SMILES string of the molecule is CC(C)(C)c1csc(CS(=O)CC(=O)O)n1. The van der Waals surface area contributed by atoms with E-state index in [4.69, 9.17) is 5.11 Å². The number of carboxylic acid groups (broad SMARTS) is 1. The lowest BCUT2D eigenvalue weighted by molar-refractivity contribution is -0.133. The van der Waals surface area contributed by atoms with E-state index in [9.17, 15) is 9.00 Å². The van der Waals surface area contributed by atoms with Crippen LogP contribution in [0.25, 0.3) is 0 Å². The van der Waals surface area contributed by atoms with Crippen molar-refractivity contribution in [3.05, 3.63) is 16.1 Å². The van der Waals surface area contributed by atoms with Crippen LogP contribution in [0, 0.1) is 0 Å². The average Bonchev–Trinajstić information content (AvgIpc) is 2.49. The normalized spacial score (nSPS) is 13.7. The maximum absolute atomic E-state index is 11.4. The molecule has 1 aromatic heterocycles. The van der Waals surface area contributed by atoms with Crippen molar-refractivity contribution in [2.45, 2.75) is 31.9 Å². The van der Waals surface area contributed by atoms with Crippen molar-refractivity contribution in [2.75, 3.05) is 5.75 Å². The first-order valence-corrected chi connectivity index (χ1v) is 7.17. The molecule has 0 saturated heterocycles. The summed E-state index contributed by atoms with van der Waals surface area (Å²) in [5.41, 5.74) is 0.933. The van der Waals surface area contributed by atoms with Crippen LogP contribution in [0.3, 0.4) is 0 Å². The first kappa shape index (κ1) is 13.3. The highest BCUT2D eigenvalue weighted by molar-refractivity contribution is 7.85. The molecule has 0 aliphatic carbocycles. The second kappa shape index (κ2) is 5.05. The van der Waals surface area contributed by atoms with Crippen molar-refractivity contribution in [3.8, 4) is 0 Å². The summed E-state index contributed by atoms with van der Waals surface area (Å²) in [6.07, 6.45) is 0. The fraction of sp³-hybridized carbons (Fsp3) is 0.600. The molecule has 0 radical (unpaired) electrons. The number of hydrogen-bond donors (Lipinski definition) is 1. The molecule has 0 saturated carbocycles. The second-order valence-electron chi connectivity index (χ2n) is 4.50. The van der Waals surface area contributed by atoms with Crippen LogP contribution in [0.15, 0.2) is 5.38 Å². The van der Waals surface area contributed by atoms with E-state index in [1.54, 1.807) is 0 Å². The van der Waals surface area contributed by atoms with Crippen LogP contribution < -0.4 is 0 Å². The molecule has 0 spiro atoms. The van der Waals surface area contributed by atoms with E-state index in [2.05, 4.69) is 25.8 Å². The van der Waals surface area contributed by atoms with E-state index in [1.807, 2.05) is 5.38 Å². The maximum Gasteiger partial charge on any atom is 0.316 e. The number of thiazole rings is 1. The number of aromatic nitrogens is 1. The Kier molecular flexibility index (Phi) is 4.21. The molecule has 0 amide bonds. The molecule has 0 aliphatic heterocycles. The Morgan fingerprint density at radius 1 is 1.56 bits per heavy atom. The summed E-state index contributed by atoms with van der Waals surface area (Å²) in [6, 6.07) is 0. The van der Waals surface area contributed by atoms with Gasteiger partial charge in [0.1, 0.15) is 10.8 Å². The van der Waals surface area contributed by atoms with E-state index < -0.39 is 16.8 Å². The lowest BCUT2D eigenvalue weighted by atomic mass is 9.93. The van der Waals surface area contributed by atoms with Gasteiger partial charge in [-0.2, -0.15) is 0 Å². The summed E-state index contributed by atoms with van der Waals surface area (Å²) in [5.74, 6) is -1.12. The Balaban J connectivity index is 2.66. The topological polar surface area (TPSA) is 67.3 Å². The minimum absolute atomic E-state index is 0.0248. The molecule has 0 bridgehead atoms. The van der Waals surface area contributed by atoms with Gasteiger partial charge in [0.2, 0.25) is 0 Å². The largest absolute Gasteiger partial charge is 0.481 e. The first-order chi connectivity index (χ1) is 7.29. The zero-order chi connectivity index (χ0) is 12.3. The lowest BCUT2D eigenvalue weighted by Gasteiger charge is -2.14. The molecule has 1 aromatic rings. The Morgan fingerprint density at radius 3 is 2.62 bits per heavy atom. The summed E-state index contributed by atoms with van der Waals surface area (Å²) in [5, 5.41) is 11.2. The van der Waals surface area contributed by atoms with Crippen LogP contribution in [0.5, 0.6) is 0 Å². The van der Waals surface area contributed by atoms with Gasteiger partial charge in [-0.15, -0.1) is 11.3 Å². The Hall–Kier alpha value is -0.750. The highest BCUT2D eigenvalue weighted by Crippen LogP contribution is 2.24. The molecule has 1 heterocycles. The fourth-order valence-electron chi connectivity index (χ4n) is 1.05. The van der Waals surface area contributed by atoms with Crippen LogP contribution in [-0.2, 0) is 26.8 Å². The van der Waals surface area contributed by atoms with E-state index >= 15 is 0 Å². The minimum atomic E-state index is -1.37. The van der Waals surface area contributed by atoms with Crippen molar-refractivity contribution in [1.29, 1.82) is 0 Å². The number of aliphatic carboxylic acids is 1. The van der Waals surface area contributed by atoms with E-state index in [0.29, 0.717) is 0 Å². The monoisotopic (exact) mass is 261 g/mol. The fourth-order valence-corrected chi connectivity index (χ4v) is 3.24. The van der Waals surface area contributed by atoms with E-state index in [0.717, 1.165) is 10.7 Å². The smallest absolute Gasteiger partial charge is 0.316 e. The quantitative estimate of drug-likeness (QED) is 0.897. The third kappa shape index (κ3) is 4.02. The molecule has 1 rings (SSSR count). The number of rotatable bonds is 4. The van der Waals surface area contributed by atoms with Gasteiger partial charge in [0.15, 0.2) is 0 Å². The molecule has 0 fully saturated rings. The Morgan fingerprint density at radius 2 is 2.19 bits per heavy atom. The third-order valence-corrected chi connectivity index (χ3v) is 4.08. The molecule has 16 heavy (non-hydrogen) atoms. The number of carbonyl (C=O) groups is 1. The summed E-state index contributed by atoms with van der Waals surface area (Å²) in [6.45, 7) is 6.17. The van der Waals surface area contributed by atoms with Crippen molar-refractivity contribution >= 4 is 28.1 Å². The summed E-state index contributed by atoms with van der Waals surface area (Å²) >= 11 is 1.43. The van der Waals surface area contributed by atoms with Gasteiger partial charge < -0.3 is 5.11 Å². The standard InChI is InChI=1S/C10H15NO3S2/c1-10(2,3)7-4-15-8(11-7)5-16(14)6-9(12)13/h4H,5-6H2,1-3H3,(H,12,13). The van der Waals surface area contributed by atoms with Crippen molar-refractivity contribution in [1.82, 2.24) is 4.98 Å². The predicted octanol–water partition coefficient (Wildman–Crippen LogP) is 1.77. The number of nitrogens with zero attached hydrogens (tertiary/aromatic N) is 1. The van der Waals surface area contributed by atoms with E-state index in [-0.39, 0.29) is 16.9 Å². The molecule has 1 atom stereocenters. The van der Waals surface area contributed by atoms with Gasteiger partial charge in [-0.05, 0) is 0 Å². The van der Waals surface area contributed by atoms with Gasteiger partial charge in [-0.1, -0.05) is 20.8 Å². The molecular formula is C10H15NO3S2. The molecule has 0 aromatic carbocycles. The summed E-state index contributed by atoms with van der Waals surface area (Å²) in [4.78, 5) is 14.7. The average molecular weight is 261 g/mol. The van der Waals surface area contributed by atoms with Gasteiger partial charge in [0.05, 0.1) is 11.4 Å². The van der Waals surface area contributed by atoms with Gasteiger partial charge >= 0.3 is 5.97 Å². The molecular weight excluding hydrogens is 246 g/mol. The van der Waals surface area contributed by atoms with E-state index in [1.165, 1.54) is 11.3 Å². The van der Waals surface area contributed by atoms with Crippen LogP contribution in [-0.4, -0.2) is 26.0 Å². The zero-order valence-corrected chi connectivity index (χ0v) is 11.2. The molecule has 90 valence electrons.